The third-order valence-corrected chi connectivity index (χ3v) is 5.72. The summed E-state index contributed by atoms with van der Waals surface area (Å²) in [6.45, 7) is 5.22. The first-order valence-corrected chi connectivity index (χ1v) is 10.1. The number of nitrogens with zero attached hydrogens (tertiary/aromatic N) is 3. The highest BCUT2D eigenvalue weighted by molar-refractivity contribution is 7.22. The molecule has 2 aromatic carbocycles. The maximum atomic E-state index is 13.2. The summed E-state index contributed by atoms with van der Waals surface area (Å²) in [5.41, 5.74) is 1.32. The Morgan fingerprint density at radius 1 is 1.10 bits per heavy atom. The Labute approximate surface area is 176 Å². The van der Waals surface area contributed by atoms with Crippen LogP contribution in [0.25, 0.3) is 21.5 Å². The number of carbonyl (C=O) groups excluding carboxylic acids is 1. The van der Waals surface area contributed by atoms with Crippen LogP contribution in [0.4, 0.5) is 9.52 Å². The lowest BCUT2D eigenvalue weighted by Crippen LogP contribution is -2.47. The minimum absolute atomic E-state index is 0.363. The monoisotopic (exact) mass is 422 g/mol. The predicted molar refractivity (Wildman–Crippen MR) is 116 cm³/mol. The minimum Gasteiger partial charge on any atom is -0.300 e. The van der Waals surface area contributed by atoms with Crippen LogP contribution in [0.3, 0.4) is 0 Å². The number of anilines is 1. The van der Waals surface area contributed by atoms with Crippen LogP contribution in [0.2, 0.25) is 0 Å². The summed E-state index contributed by atoms with van der Waals surface area (Å²) in [5, 5.41) is 7.62. The summed E-state index contributed by atoms with van der Waals surface area (Å²) < 4.78 is 15.3. The second kappa shape index (κ2) is 7.46. The van der Waals surface area contributed by atoms with E-state index in [9.17, 15) is 14.0 Å². The Balaban J connectivity index is 1.65. The number of thiazole rings is 1. The van der Waals surface area contributed by atoms with Gasteiger partial charge >= 0.3 is 0 Å². The molecule has 0 saturated carbocycles. The van der Waals surface area contributed by atoms with Crippen LogP contribution in [0.1, 0.15) is 19.4 Å². The number of carbonyl (C=O) groups is 1. The van der Waals surface area contributed by atoms with Crippen molar-refractivity contribution in [1.29, 1.82) is 0 Å². The van der Waals surface area contributed by atoms with E-state index in [-0.39, 0.29) is 5.82 Å². The predicted octanol–water partition coefficient (Wildman–Crippen LogP) is 4.34. The van der Waals surface area contributed by atoms with Crippen LogP contribution in [-0.2, 0) is 10.3 Å². The van der Waals surface area contributed by atoms with Crippen molar-refractivity contribution in [2.45, 2.75) is 26.3 Å². The van der Waals surface area contributed by atoms with Crippen molar-refractivity contribution in [3.8, 4) is 11.3 Å². The van der Waals surface area contributed by atoms with Crippen LogP contribution in [0.5, 0.6) is 0 Å². The summed E-state index contributed by atoms with van der Waals surface area (Å²) in [6, 6.07) is 14.6. The maximum Gasteiger partial charge on any atom is 0.267 e. The molecule has 1 amide bonds. The van der Waals surface area contributed by atoms with Gasteiger partial charge in [-0.15, -0.1) is 0 Å². The molecular weight excluding hydrogens is 403 g/mol. The first kappa shape index (κ1) is 19.9. The van der Waals surface area contributed by atoms with E-state index in [1.165, 1.54) is 29.5 Å². The zero-order chi connectivity index (χ0) is 21.5. The van der Waals surface area contributed by atoms with Gasteiger partial charge in [0.2, 0.25) is 0 Å². The Kier molecular flexibility index (Phi) is 4.95. The fourth-order valence-electron chi connectivity index (χ4n) is 3.02. The Morgan fingerprint density at radius 2 is 1.83 bits per heavy atom. The van der Waals surface area contributed by atoms with E-state index >= 15 is 0 Å². The normalized spacial score (nSPS) is 11.6. The number of hydrogen-bond donors (Lipinski definition) is 1. The molecule has 2 heterocycles. The van der Waals surface area contributed by atoms with Crippen LogP contribution >= 0.6 is 11.3 Å². The molecule has 30 heavy (non-hydrogen) atoms. The third-order valence-electron chi connectivity index (χ3n) is 4.79. The quantitative estimate of drug-likeness (QED) is 0.531. The molecule has 0 saturated heterocycles. The summed E-state index contributed by atoms with van der Waals surface area (Å²) in [5.74, 6) is -0.776. The average molecular weight is 422 g/mol. The topological polar surface area (TPSA) is 76.9 Å². The van der Waals surface area contributed by atoms with E-state index in [1.807, 2.05) is 25.1 Å². The highest BCUT2D eigenvalue weighted by atomic mass is 32.1. The zero-order valence-corrected chi connectivity index (χ0v) is 17.5. The zero-order valence-electron chi connectivity index (χ0n) is 16.6. The lowest BCUT2D eigenvalue weighted by atomic mass is 10.0. The molecule has 0 unspecified atom stereocenters. The molecule has 6 nitrogen and oxygen atoms in total. The molecule has 4 rings (SSSR count). The van der Waals surface area contributed by atoms with Crippen molar-refractivity contribution in [1.82, 2.24) is 14.8 Å². The van der Waals surface area contributed by atoms with Gasteiger partial charge in [0.05, 0.1) is 15.9 Å². The number of nitrogens with one attached hydrogen (secondary N) is 1. The van der Waals surface area contributed by atoms with Gasteiger partial charge in [0.1, 0.15) is 11.4 Å². The molecule has 0 bridgehead atoms. The lowest BCUT2D eigenvalue weighted by molar-refractivity contribution is -0.123. The van der Waals surface area contributed by atoms with Crippen molar-refractivity contribution in [3.63, 3.8) is 0 Å². The number of hydrogen-bond acceptors (Lipinski definition) is 5. The van der Waals surface area contributed by atoms with Gasteiger partial charge in [-0.1, -0.05) is 17.4 Å². The summed E-state index contributed by atoms with van der Waals surface area (Å²) >= 11 is 1.37. The lowest BCUT2D eigenvalue weighted by Gasteiger charge is -2.24. The van der Waals surface area contributed by atoms with Gasteiger partial charge in [0.15, 0.2) is 5.13 Å². The van der Waals surface area contributed by atoms with Gasteiger partial charge < -0.3 is 0 Å². The molecule has 0 aliphatic rings. The molecule has 1 N–H and O–H groups in total. The second-order valence-corrected chi connectivity index (χ2v) is 8.51. The highest BCUT2D eigenvalue weighted by Crippen LogP contribution is 2.28. The average Bonchev–Trinajstić information content (AvgIpc) is 3.10. The van der Waals surface area contributed by atoms with E-state index in [1.54, 1.807) is 32.0 Å². The van der Waals surface area contributed by atoms with Crippen molar-refractivity contribution < 1.29 is 9.18 Å². The fraction of sp³-hybridized carbons (Fsp3) is 0.182. The molecule has 2 aromatic heterocycles. The molecular formula is C22H19FN4O2S. The standard InChI is InChI=1S/C22H19FN4O2S/c1-13-4-9-17-18(12-13)30-21(24-17)25-20(29)22(2,3)27-19(28)11-10-16(26-27)14-5-7-15(23)8-6-14/h4-12H,1-3H3,(H,24,25,29). The highest BCUT2D eigenvalue weighted by Gasteiger charge is 2.33. The van der Waals surface area contributed by atoms with Crippen LogP contribution in [0.15, 0.2) is 59.4 Å². The Morgan fingerprint density at radius 3 is 2.57 bits per heavy atom. The number of aromatic nitrogens is 3. The van der Waals surface area contributed by atoms with Crippen molar-refractivity contribution >= 4 is 32.6 Å². The van der Waals surface area contributed by atoms with Crippen molar-refractivity contribution in [2.24, 2.45) is 0 Å². The van der Waals surface area contributed by atoms with Crippen LogP contribution < -0.4 is 10.9 Å². The fourth-order valence-corrected chi connectivity index (χ4v) is 3.98. The van der Waals surface area contributed by atoms with E-state index in [0.717, 1.165) is 20.5 Å². The van der Waals surface area contributed by atoms with E-state index < -0.39 is 17.0 Å². The number of amides is 1. The van der Waals surface area contributed by atoms with Gasteiger partial charge in [0, 0.05) is 11.6 Å². The maximum absolute atomic E-state index is 13.2. The molecule has 0 aliphatic heterocycles. The first-order chi connectivity index (χ1) is 14.2. The number of fused-ring (bicyclic) bond motifs is 1. The van der Waals surface area contributed by atoms with Crippen LogP contribution in [-0.4, -0.2) is 20.7 Å². The molecule has 0 radical (unpaired) electrons. The molecule has 8 heteroatoms. The van der Waals surface area contributed by atoms with Crippen LogP contribution in [0, 0.1) is 12.7 Å². The summed E-state index contributed by atoms with van der Waals surface area (Å²) in [6.07, 6.45) is 0. The number of halogens is 1. The van der Waals surface area contributed by atoms with Gasteiger partial charge in [-0.25, -0.2) is 14.1 Å². The number of rotatable bonds is 4. The summed E-state index contributed by atoms with van der Waals surface area (Å²) in [4.78, 5) is 30.0. The minimum atomic E-state index is -1.28. The second-order valence-electron chi connectivity index (χ2n) is 7.48. The van der Waals surface area contributed by atoms with Gasteiger partial charge in [-0.2, -0.15) is 5.10 Å². The summed E-state index contributed by atoms with van der Waals surface area (Å²) in [7, 11) is 0. The van der Waals surface area contributed by atoms with Crippen molar-refractivity contribution in [3.05, 3.63) is 76.3 Å². The number of aryl methyl sites for hydroxylation is 1. The Hall–Kier alpha value is -3.39. The smallest absolute Gasteiger partial charge is 0.267 e. The van der Waals surface area contributed by atoms with Gasteiger partial charge in [-0.05, 0) is 68.8 Å². The van der Waals surface area contributed by atoms with E-state index in [4.69, 9.17) is 0 Å². The SMILES string of the molecule is Cc1ccc2nc(NC(=O)C(C)(C)n3nc(-c4ccc(F)cc4)ccc3=O)sc2c1. The third kappa shape index (κ3) is 3.73. The van der Waals surface area contributed by atoms with Gasteiger partial charge in [-0.3, -0.25) is 14.9 Å². The number of benzene rings is 2. The molecule has 0 fully saturated rings. The molecule has 0 aliphatic carbocycles. The molecule has 0 atom stereocenters. The largest absolute Gasteiger partial charge is 0.300 e. The van der Waals surface area contributed by atoms with E-state index in [2.05, 4.69) is 15.4 Å². The van der Waals surface area contributed by atoms with Crippen molar-refractivity contribution in [2.75, 3.05) is 5.32 Å². The molecule has 152 valence electrons. The van der Waals surface area contributed by atoms with Gasteiger partial charge in [0.25, 0.3) is 11.5 Å². The Bertz CT molecular complexity index is 1310. The molecule has 0 spiro atoms. The molecule has 4 aromatic rings. The van der Waals surface area contributed by atoms with E-state index in [0.29, 0.717) is 16.4 Å². The first-order valence-electron chi connectivity index (χ1n) is 9.29.